The van der Waals surface area contributed by atoms with Gasteiger partial charge in [0.25, 0.3) is 10.1 Å². The number of nitrogen functional groups attached to an aromatic ring is 1. The second-order valence-electron chi connectivity index (χ2n) is 5.15. The third kappa shape index (κ3) is 7.67. The number of Topliss-reactive ketones (excluding diaryl/α,β-unsaturated/α-hetero) is 2. The number of nitrogens with two attached hydrogens (primary N) is 1. The van der Waals surface area contributed by atoms with E-state index in [4.69, 9.17) is 10.3 Å². The van der Waals surface area contributed by atoms with Gasteiger partial charge in [0.15, 0.2) is 5.78 Å². The van der Waals surface area contributed by atoms with Crippen molar-refractivity contribution in [2.24, 2.45) is 0 Å². The molecule has 0 aromatic heterocycles. The molecular formula is C16H26N2O5S. The van der Waals surface area contributed by atoms with E-state index in [2.05, 4.69) is 25.7 Å². The summed E-state index contributed by atoms with van der Waals surface area (Å²) in [6, 6.07) is 3.39. The Kier molecular flexibility index (Phi) is 9.42. The lowest BCUT2D eigenvalue weighted by molar-refractivity contribution is -0.116. The highest BCUT2D eigenvalue weighted by Crippen LogP contribution is 2.20. The van der Waals surface area contributed by atoms with Crippen LogP contribution >= 0.6 is 0 Å². The number of benzene rings is 1. The van der Waals surface area contributed by atoms with Crippen LogP contribution in [0.3, 0.4) is 0 Å². The minimum absolute atomic E-state index is 0.171. The van der Waals surface area contributed by atoms with Gasteiger partial charge >= 0.3 is 0 Å². The second kappa shape index (κ2) is 10.2. The van der Waals surface area contributed by atoms with Gasteiger partial charge in [-0.15, -0.1) is 0 Å². The Labute approximate surface area is 143 Å². The fourth-order valence-corrected chi connectivity index (χ4v) is 2.67. The van der Waals surface area contributed by atoms with Gasteiger partial charge in [0.05, 0.1) is 6.42 Å². The van der Waals surface area contributed by atoms with Crippen LogP contribution in [0, 0.1) is 0 Å². The monoisotopic (exact) mass is 358 g/mol. The maximum atomic E-state index is 11.6. The summed E-state index contributed by atoms with van der Waals surface area (Å²) in [5, 5.41) is 0. The maximum Gasteiger partial charge on any atom is 0.295 e. The van der Waals surface area contributed by atoms with Crippen LogP contribution < -0.4 is 5.73 Å². The summed E-state index contributed by atoms with van der Waals surface area (Å²) in [5.74, 6) is -1.10. The third-order valence-corrected chi connectivity index (χ3v) is 4.24. The van der Waals surface area contributed by atoms with Gasteiger partial charge in [-0.25, -0.2) is 0 Å². The molecule has 3 N–H and O–H groups in total. The molecule has 1 rings (SSSR count). The summed E-state index contributed by atoms with van der Waals surface area (Å²) >= 11 is 0. The summed E-state index contributed by atoms with van der Waals surface area (Å²) in [5.41, 5.74) is 5.32. The van der Waals surface area contributed by atoms with Gasteiger partial charge in [-0.2, -0.15) is 8.42 Å². The van der Waals surface area contributed by atoms with Crippen molar-refractivity contribution in [3.8, 4) is 0 Å². The molecule has 0 spiro atoms. The standard InChI is InChI=1S/C10H11NO5S.C6H15N/c1-6(12)4-9(13)8-5-7(11)2-3-10(8)17(14,15)16;1-4-7(5-2)6-3/h2-3,5H,4,11H2,1H3,(H,14,15,16);4-6H2,1-3H3. The van der Waals surface area contributed by atoms with Gasteiger partial charge in [-0.05, 0) is 44.8 Å². The zero-order chi connectivity index (χ0) is 18.9. The van der Waals surface area contributed by atoms with Crippen molar-refractivity contribution < 1.29 is 22.6 Å². The minimum atomic E-state index is -4.52. The molecule has 8 heteroatoms. The third-order valence-electron chi connectivity index (χ3n) is 3.33. The number of rotatable bonds is 7. The van der Waals surface area contributed by atoms with Gasteiger partial charge in [-0.3, -0.25) is 14.1 Å². The predicted octanol–water partition coefficient (Wildman–Crippen LogP) is 2.03. The average Bonchev–Trinajstić information content (AvgIpc) is 2.47. The van der Waals surface area contributed by atoms with Crippen LogP contribution in [0.25, 0.3) is 0 Å². The van der Waals surface area contributed by atoms with E-state index in [1.165, 1.54) is 32.6 Å². The topological polar surface area (TPSA) is 118 Å². The van der Waals surface area contributed by atoms with Crippen molar-refractivity contribution in [1.29, 1.82) is 0 Å². The number of nitrogens with zero attached hydrogens (tertiary/aromatic N) is 1. The molecule has 1 aromatic rings. The highest BCUT2D eigenvalue weighted by Gasteiger charge is 2.21. The van der Waals surface area contributed by atoms with E-state index in [0.717, 1.165) is 12.1 Å². The van der Waals surface area contributed by atoms with Crippen LogP contribution in [0.4, 0.5) is 5.69 Å². The van der Waals surface area contributed by atoms with Crippen LogP contribution in [0.5, 0.6) is 0 Å². The van der Waals surface area contributed by atoms with Crippen LogP contribution in [0.15, 0.2) is 23.1 Å². The van der Waals surface area contributed by atoms with Gasteiger partial charge in [0, 0.05) is 11.3 Å². The Hall–Kier alpha value is -1.77. The fraction of sp³-hybridized carbons (Fsp3) is 0.500. The van der Waals surface area contributed by atoms with Crippen LogP contribution in [0.2, 0.25) is 0 Å². The van der Waals surface area contributed by atoms with Crippen molar-refractivity contribution in [2.75, 3.05) is 25.4 Å². The second-order valence-corrected chi connectivity index (χ2v) is 6.54. The fourth-order valence-electron chi connectivity index (χ4n) is 1.98. The molecule has 0 amide bonds. The van der Waals surface area contributed by atoms with E-state index in [1.54, 1.807) is 0 Å². The Morgan fingerprint density at radius 2 is 1.62 bits per heavy atom. The highest BCUT2D eigenvalue weighted by molar-refractivity contribution is 7.86. The van der Waals surface area contributed by atoms with Crippen LogP contribution in [-0.4, -0.2) is 49.1 Å². The first-order valence-corrected chi connectivity index (χ1v) is 9.12. The number of carbonyl (C=O) groups is 2. The molecule has 24 heavy (non-hydrogen) atoms. The Morgan fingerprint density at radius 1 is 1.12 bits per heavy atom. The van der Waals surface area contributed by atoms with Gasteiger partial charge < -0.3 is 10.6 Å². The Bertz CT molecular complexity index is 662. The first kappa shape index (κ1) is 22.2. The molecule has 0 unspecified atom stereocenters. The van der Waals surface area contributed by atoms with E-state index in [9.17, 15) is 18.0 Å². The molecule has 136 valence electrons. The smallest absolute Gasteiger partial charge is 0.295 e. The SMILES string of the molecule is CC(=O)CC(=O)c1cc(N)ccc1S(=O)(=O)O.CCN(CC)CC. The van der Waals surface area contributed by atoms with Crippen molar-refractivity contribution in [2.45, 2.75) is 39.0 Å². The molecule has 1 aromatic carbocycles. The normalized spacial score (nSPS) is 10.9. The van der Waals surface area contributed by atoms with Crippen molar-refractivity contribution in [1.82, 2.24) is 4.90 Å². The molecule has 0 heterocycles. The molecule has 0 aliphatic rings. The number of hydrogen-bond donors (Lipinski definition) is 2. The molecule has 0 aliphatic carbocycles. The zero-order valence-corrected chi connectivity index (χ0v) is 15.4. The quantitative estimate of drug-likeness (QED) is 0.331. The first-order chi connectivity index (χ1) is 11.1. The van der Waals surface area contributed by atoms with E-state index < -0.39 is 33.0 Å². The predicted molar refractivity (Wildman–Crippen MR) is 93.8 cm³/mol. The lowest BCUT2D eigenvalue weighted by Crippen LogP contribution is -2.21. The number of hydrogen-bond acceptors (Lipinski definition) is 6. The molecule has 0 saturated carbocycles. The molecule has 7 nitrogen and oxygen atoms in total. The Balaban J connectivity index is 0.000000640. The molecule has 0 fully saturated rings. The molecule has 0 radical (unpaired) electrons. The van der Waals surface area contributed by atoms with Crippen LogP contribution in [0.1, 0.15) is 44.5 Å². The lowest BCUT2D eigenvalue weighted by Gasteiger charge is -2.13. The summed E-state index contributed by atoms with van der Waals surface area (Å²) < 4.78 is 31.0. The van der Waals surface area contributed by atoms with E-state index in [0.29, 0.717) is 0 Å². The minimum Gasteiger partial charge on any atom is -0.399 e. The lowest BCUT2D eigenvalue weighted by atomic mass is 10.1. The zero-order valence-electron chi connectivity index (χ0n) is 14.6. The van der Waals surface area contributed by atoms with Crippen molar-refractivity contribution in [3.05, 3.63) is 23.8 Å². The van der Waals surface area contributed by atoms with E-state index in [-0.39, 0.29) is 11.3 Å². The molecule has 0 atom stereocenters. The van der Waals surface area contributed by atoms with Gasteiger partial charge in [0.2, 0.25) is 0 Å². The summed E-state index contributed by atoms with van der Waals surface area (Å²) in [6.45, 7) is 11.3. The Morgan fingerprint density at radius 3 is 1.96 bits per heavy atom. The summed E-state index contributed by atoms with van der Waals surface area (Å²) in [7, 11) is -4.52. The molecule has 0 bridgehead atoms. The molecule has 0 aliphatic heterocycles. The van der Waals surface area contributed by atoms with E-state index >= 15 is 0 Å². The number of ketones is 2. The average molecular weight is 358 g/mol. The molecular weight excluding hydrogens is 332 g/mol. The van der Waals surface area contributed by atoms with Crippen molar-refractivity contribution >= 4 is 27.4 Å². The highest BCUT2D eigenvalue weighted by atomic mass is 32.2. The van der Waals surface area contributed by atoms with Crippen LogP contribution in [-0.2, 0) is 14.9 Å². The van der Waals surface area contributed by atoms with E-state index in [1.807, 2.05) is 0 Å². The number of anilines is 1. The number of carbonyl (C=O) groups excluding carboxylic acids is 2. The summed E-state index contributed by atoms with van der Waals surface area (Å²) in [6.07, 6.45) is -0.439. The van der Waals surface area contributed by atoms with Crippen molar-refractivity contribution in [3.63, 3.8) is 0 Å². The largest absolute Gasteiger partial charge is 0.399 e. The van der Waals surface area contributed by atoms with Gasteiger partial charge in [-0.1, -0.05) is 20.8 Å². The molecule has 0 saturated heterocycles. The first-order valence-electron chi connectivity index (χ1n) is 7.68. The summed E-state index contributed by atoms with van der Waals surface area (Å²) in [4.78, 5) is 24.3. The van der Waals surface area contributed by atoms with Gasteiger partial charge in [0.1, 0.15) is 10.7 Å². The maximum absolute atomic E-state index is 11.6.